The van der Waals surface area contributed by atoms with Gasteiger partial charge in [0.15, 0.2) is 0 Å². The summed E-state index contributed by atoms with van der Waals surface area (Å²) in [7, 11) is -0.136. The fourth-order valence-corrected chi connectivity index (χ4v) is 5.37. The van der Waals surface area contributed by atoms with Gasteiger partial charge in [0.05, 0.1) is 11.9 Å². The third kappa shape index (κ3) is 3.80. The number of fused-ring (bicyclic) bond motifs is 4. The Kier molecular flexibility index (Phi) is 5.07. The fraction of sp³-hybridized carbons (Fsp3) is 0.526. The Labute approximate surface area is 161 Å². The van der Waals surface area contributed by atoms with E-state index in [1.807, 2.05) is 41.2 Å². The molecule has 8 heteroatoms. The molecule has 0 saturated carbocycles. The van der Waals surface area contributed by atoms with E-state index in [0.717, 1.165) is 37.2 Å². The average molecular weight is 390 g/mol. The lowest BCUT2D eigenvalue weighted by molar-refractivity contribution is 0.125. The number of piperidine rings is 1. The maximum Gasteiger partial charge on any atom is 0.281 e. The van der Waals surface area contributed by atoms with Crippen molar-refractivity contribution in [2.24, 2.45) is 5.92 Å². The number of aromatic nitrogens is 2. The smallest absolute Gasteiger partial charge is 0.281 e. The molecule has 3 saturated heterocycles. The summed E-state index contributed by atoms with van der Waals surface area (Å²) in [6, 6.07) is 10.3. The molecule has 0 amide bonds. The van der Waals surface area contributed by atoms with Crippen molar-refractivity contribution < 1.29 is 8.42 Å². The van der Waals surface area contributed by atoms with Crippen molar-refractivity contribution in [2.45, 2.75) is 25.4 Å². The highest BCUT2D eigenvalue weighted by atomic mass is 32.2. The van der Waals surface area contributed by atoms with Crippen molar-refractivity contribution in [1.82, 2.24) is 23.3 Å². The lowest BCUT2D eigenvalue weighted by Crippen LogP contribution is -2.45. The molecule has 27 heavy (non-hydrogen) atoms. The first kappa shape index (κ1) is 18.6. The fourth-order valence-electron chi connectivity index (χ4n) is 4.15. The van der Waals surface area contributed by atoms with E-state index in [9.17, 15) is 8.42 Å². The van der Waals surface area contributed by atoms with Crippen molar-refractivity contribution in [3.8, 4) is 5.69 Å². The third-order valence-electron chi connectivity index (χ3n) is 5.62. The second-order valence-electron chi connectivity index (χ2n) is 7.76. The second-order valence-corrected chi connectivity index (χ2v) is 9.90. The molecule has 2 bridgehead atoms. The Balaban J connectivity index is 1.49. The van der Waals surface area contributed by atoms with Crippen LogP contribution < -0.4 is 0 Å². The molecule has 3 aliphatic heterocycles. The zero-order valence-electron chi connectivity index (χ0n) is 15.9. The van der Waals surface area contributed by atoms with Gasteiger partial charge < -0.3 is 0 Å². The molecule has 146 valence electrons. The van der Waals surface area contributed by atoms with Crippen molar-refractivity contribution in [2.75, 3.05) is 33.7 Å². The molecule has 2 atom stereocenters. The number of hydrogen-bond acceptors (Lipinski definition) is 4. The number of nitrogens with zero attached hydrogens (tertiary/aromatic N) is 5. The first-order chi connectivity index (χ1) is 12.9. The lowest BCUT2D eigenvalue weighted by atomic mass is 9.95. The van der Waals surface area contributed by atoms with Crippen molar-refractivity contribution in [3.05, 3.63) is 48.3 Å². The largest absolute Gasteiger partial charge is 0.294 e. The molecule has 0 aliphatic carbocycles. The highest BCUT2D eigenvalue weighted by Crippen LogP contribution is 2.30. The topological polar surface area (TPSA) is 61.7 Å². The Morgan fingerprint density at radius 2 is 1.89 bits per heavy atom. The first-order valence-electron chi connectivity index (χ1n) is 9.44. The summed E-state index contributed by atoms with van der Waals surface area (Å²) < 4.78 is 30.1. The van der Waals surface area contributed by atoms with Gasteiger partial charge >= 0.3 is 0 Å². The van der Waals surface area contributed by atoms with Crippen LogP contribution in [0.1, 0.15) is 18.4 Å². The number of benzene rings is 1. The van der Waals surface area contributed by atoms with Crippen LogP contribution in [0.4, 0.5) is 0 Å². The minimum atomic E-state index is -3.35. The molecule has 1 aromatic carbocycles. The van der Waals surface area contributed by atoms with Gasteiger partial charge in [-0.2, -0.15) is 22.1 Å². The van der Waals surface area contributed by atoms with Crippen LogP contribution >= 0.6 is 0 Å². The lowest BCUT2D eigenvalue weighted by Gasteiger charge is -2.35. The quantitative estimate of drug-likeness (QED) is 0.779. The van der Waals surface area contributed by atoms with Crippen molar-refractivity contribution in [1.29, 1.82) is 0 Å². The SMILES string of the molecule is CN(C)S(=O)(=O)N1C[C@H]2CC[C@@H](C1)N(Cc1cnn(-c3ccccc3)c1)C2. The van der Waals surface area contributed by atoms with Crippen LogP contribution in [0.15, 0.2) is 42.7 Å². The van der Waals surface area contributed by atoms with Gasteiger partial charge in [-0.25, -0.2) is 4.68 Å². The van der Waals surface area contributed by atoms with E-state index in [4.69, 9.17) is 0 Å². The molecular weight excluding hydrogens is 362 g/mol. The zero-order valence-corrected chi connectivity index (χ0v) is 16.7. The predicted octanol–water partition coefficient (Wildman–Crippen LogP) is 1.57. The van der Waals surface area contributed by atoms with Crippen molar-refractivity contribution >= 4 is 10.2 Å². The Morgan fingerprint density at radius 1 is 1.11 bits per heavy atom. The van der Waals surface area contributed by atoms with Gasteiger partial charge in [0, 0.05) is 58.1 Å². The summed E-state index contributed by atoms with van der Waals surface area (Å²) in [6.45, 7) is 2.95. The molecule has 3 aliphatic rings. The number of hydrogen-bond donors (Lipinski definition) is 0. The number of para-hydroxylation sites is 1. The summed E-state index contributed by atoms with van der Waals surface area (Å²) in [5.41, 5.74) is 2.21. The van der Waals surface area contributed by atoms with E-state index in [-0.39, 0.29) is 6.04 Å². The minimum Gasteiger partial charge on any atom is -0.294 e. The maximum atomic E-state index is 12.6. The molecule has 3 fully saturated rings. The van der Waals surface area contributed by atoms with Crippen LogP contribution in [0.3, 0.4) is 0 Å². The predicted molar refractivity (Wildman–Crippen MR) is 105 cm³/mol. The van der Waals surface area contributed by atoms with Gasteiger partial charge in [-0.1, -0.05) is 18.2 Å². The Bertz CT molecular complexity index is 881. The first-order valence-corrected chi connectivity index (χ1v) is 10.8. The van der Waals surface area contributed by atoms with E-state index in [1.54, 1.807) is 18.4 Å². The molecule has 0 N–H and O–H groups in total. The standard InChI is InChI=1S/C19H27N5O2S/c1-21(2)27(25,26)23-13-16-8-9-19(15-23)22(11-16)12-17-10-20-24(14-17)18-6-4-3-5-7-18/h3-7,10,14,16,19H,8-9,11-13,15H2,1-2H3/t16-,19-/m0/s1. The molecule has 2 aromatic rings. The molecule has 0 spiro atoms. The Morgan fingerprint density at radius 3 is 2.63 bits per heavy atom. The monoisotopic (exact) mass is 389 g/mol. The van der Waals surface area contributed by atoms with E-state index in [2.05, 4.69) is 16.2 Å². The van der Waals surface area contributed by atoms with Gasteiger partial charge in [0.25, 0.3) is 10.2 Å². The van der Waals surface area contributed by atoms with Crippen LogP contribution in [0.2, 0.25) is 0 Å². The summed E-state index contributed by atoms with van der Waals surface area (Å²) >= 11 is 0. The zero-order chi connectivity index (χ0) is 19.0. The van der Waals surface area contributed by atoms with Gasteiger partial charge in [0.1, 0.15) is 0 Å². The molecule has 1 aromatic heterocycles. The van der Waals surface area contributed by atoms with Crippen LogP contribution in [0.5, 0.6) is 0 Å². The molecule has 0 radical (unpaired) electrons. The molecule has 0 unspecified atom stereocenters. The van der Waals surface area contributed by atoms with Gasteiger partial charge in [-0.3, -0.25) is 4.90 Å². The highest BCUT2D eigenvalue weighted by molar-refractivity contribution is 7.86. The van der Waals surface area contributed by atoms with Gasteiger partial charge in [-0.15, -0.1) is 0 Å². The average Bonchev–Trinajstić information content (AvgIpc) is 2.92. The number of rotatable bonds is 5. The minimum absolute atomic E-state index is 0.263. The third-order valence-corrected chi connectivity index (χ3v) is 7.50. The van der Waals surface area contributed by atoms with Crippen LogP contribution in [0, 0.1) is 5.92 Å². The highest BCUT2D eigenvalue weighted by Gasteiger charge is 2.39. The van der Waals surface area contributed by atoms with Crippen molar-refractivity contribution in [3.63, 3.8) is 0 Å². The van der Waals surface area contributed by atoms with Crippen LogP contribution in [-0.4, -0.2) is 71.5 Å². The molecule has 4 heterocycles. The van der Waals surface area contributed by atoms with Crippen LogP contribution in [-0.2, 0) is 16.8 Å². The normalized spacial score (nSPS) is 24.4. The van der Waals surface area contributed by atoms with E-state index in [0.29, 0.717) is 19.0 Å². The molecule has 5 rings (SSSR count). The summed E-state index contributed by atoms with van der Waals surface area (Å²) in [5.74, 6) is 0.391. The summed E-state index contributed by atoms with van der Waals surface area (Å²) in [5, 5.41) is 4.49. The maximum absolute atomic E-state index is 12.6. The second kappa shape index (κ2) is 7.35. The van der Waals surface area contributed by atoms with Gasteiger partial charge in [-0.05, 0) is 30.9 Å². The van der Waals surface area contributed by atoms with E-state index < -0.39 is 10.2 Å². The van der Waals surface area contributed by atoms with E-state index in [1.165, 1.54) is 4.31 Å². The van der Waals surface area contributed by atoms with Crippen LogP contribution in [0.25, 0.3) is 5.69 Å². The molecular formula is C19H27N5O2S. The Hall–Kier alpha value is -1.74. The van der Waals surface area contributed by atoms with Gasteiger partial charge in [0.2, 0.25) is 0 Å². The summed E-state index contributed by atoms with van der Waals surface area (Å²) in [6.07, 6.45) is 6.14. The summed E-state index contributed by atoms with van der Waals surface area (Å²) in [4.78, 5) is 2.44. The van der Waals surface area contributed by atoms with E-state index >= 15 is 0 Å². The molecule has 7 nitrogen and oxygen atoms in total.